The van der Waals surface area contributed by atoms with Crippen molar-refractivity contribution in [1.82, 2.24) is 9.55 Å². The fraction of sp³-hybridized carbons (Fsp3) is 0.357. The van der Waals surface area contributed by atoms with E-state index in [0.717, 1.165) is 30.8 Å². The molecule has 1 heterocycles. The van der Waals surface area contributed by atoms with Crippen molar-refractivity contribution in [3.05, 3.63) is 47.5 Å². The Labute approximate surface area is 115 Å². The van der Waals surface area contributed by atoms with Crippen molar-refractivity contribution in [2.45, 2.75) is 32.5 Å². The average molecular weight is 283 g/mol. The van der Waals surface area contributed by atoms with Gasteiger partial charge in [-0.15, -0.1) is 0 Å². The van der Waals surface area contributed by atoms with Gasteiger partial charge >= 0.3 is 6.18 Å². The number of hydrogen-bond donors (Lipinski definition) is 1. The van der Waals surface area contributed by atoms with Gasteiger partial charge in [0, 0.05) is 25.4 Å². The van der Waals surface area contributed by atoms with Crippen LogP contribution in [-0.4, -0.2) is 9.55 Å². The highest BCUT2D eigenvalue weighted by Crippen LogP contribution is 2.31. The van der Waals surface area contributed by atoms with E-state index >= 15 is 0 Å². The van der Waals surface area contributed by atoms with Crippen molar-refractivity contribution >= 4 is 0 Å². The maximum atomic E-state index is 12.7. The van der Waals surface area contributed by atoms with Crippen molar-refractivity contribution in [2.75, 3.05) is 0 Å². The van der Waals surface area contributed by atoms with Crippen LogP contribution in [0.5, 0.6) is 0 Å². The Morgan fingerprint density at radius 3 is 2.65 bits per heavy atom. The van der Waals surface area contributed by atoms with Gasteiger partial charge in [0.2, 0.25) is 0 Å². The van der Waals surface area contributed by atoms with Crippen LogP contribution in [0, 0.1) is 0 Å². The molecule has 1 aromatic heterocycles. The van der Waals surface area contributed by atoms with E-state index in [-0.39, 0.29) is 6.54 Å². The van der Waals surface area contributed by atoms with E-state index in [4.69, 9.17) is 5.73 Å². The third-order valence-electron chi connectivity index (χ3n) is 3.08. The summed E-state index contributed by atoms with van der Waals surface area (Å²) in [5, 5.41) is 0. The average Bonchev–Trinajstić information content (AvgIpc) is 2.85. The quantitative estimate of drug-likeness (QED) is 0.935. The molecule has 0 radical (unpaired) electrons. The van der Waals surface area contributed by atoms with Gasteiger partial charge < -0.3 is 10.3 Å². The molecule has 0 saturated carbocycles. The molecule has 0 unspecified atom stereocenters. The molecule has 0 atom stereocenters. The largest absolute Gasteiger partial charge is 0.416 e. The zero-order chi connectivity index (χ0) is 14.8. The van der Waals surface area contributed by atoms with Crippen LogP contribution in [0.3, 0.4) is 0 Å². The number of nitrogens with zero attached hydrogens (tertiary/aromatic N) is 2. The Balaban J connectivity index is 2.49. The minimum atomic E-state index is -4.36. The third kappa shape index (κ3) is 2.85. The summed E-state index contributed by atoms with van der Waals surface area (Å²) in [6.07, 6.45) is 0.701. The van der Waals surface area contributed by atoms with Crippen LogP contribution >= 0.6 is 0 Å². The molecule has 3 nitrogen and oxygen atoms in total. The number of aromatic nitrogens is 2. The molecule has 2 N–H and O–H groups in total. The Hall–Kier alpha value is -1.82. The molecular formula is C14H16F3N3. The molecule has 6 heteroatoms. The normalized spacial score (nSPS) is 11.8. The number of aryl methyl sites for hydroxylation is 1. The summed E-state index contributed by atoms with van der Waals surface area (Å²) in [5.74, 6) is 0.821. The van der Waals surface area contributed by atoms with Crippen molar-refractivity contribution in [3.8, 4) is 5.69 Å². The molecule has 0 aliphatic rings. The van der Waals surface area contributed by atoms with Gasteiger partial charge in [-0.05, 0) is 30.2 Å². The number of nitrogens with two attached hydrogens (primary N) is 1. The Bertz CT molecular complexity index is 588. The molecule has 20 heavy (non-hydrogen) atoms. The summed E-state index contributed by atoms with van der Waals surface area (Å²) < 4.78 is 40.0. The van der Waals surface area contributed by atoms with Crippen molar-refractivity contribution < 1.29 is 13.2 Å². The van der Waals surface area contributed by atoms with E-state index in [1.54, 1.807) is 17.0 Å². The number of rotatable bonds is 4. The van der Waals surface area contributed by atoms with Crippen molar-refractivity contribution in [2.24, 2.45) is 5.73 Å². The molecule has 0 spiro atoms. The highest BCUT2D eigenvalue weighted by Gasteiger charge is 2.31. The third-order valence-corrected chi connectivity index (χ3v) is 3.08. The predicted molar refractivity (Wildman–Crippen MR) is 70.5 cm³/mol. The molecule has 0 amide bonds. The van der Waals surface area contributed by atoms with E-state index in [2.05, 4.69) is 4.98 Å². The molecule has 2 rings (SSSR count). The first-order valence-electron chi connectivity index (χ1n) is 6.40. The highest BCUT2D eigenvalue weighted by molar-refractivity contribution is 5.45. The number of imidazole rings is 1. The topological polar surface area (TPSA) is 43.8 Å². The van der Waals surface area contributed by atoms with Gasteiger partial charge in [-0.2, -0.15) is 13.2 Å². The molecule has 2 aromatic rings. The smallest absolute Gasteiger partial charge is 0.326 e. The van der Waals surface area contributed by atoms with Gasteiger partial charge in [-0.25, -0.2) is 4.98 Å². The lowest BCUT2D eigenvalue weighted by Crippen LogP contribution is -2.11. The first-order chi connectivity index (χ1) is 9.47. The number of halogens is 3. The fourth-order valence-electron chi connectivity index (χ4n) is 2.12. The molecular weight excluding hydrogens is 267 g/mol. The molecule has 0 aliphatic carbocycles. The van der Waals surface area contributed by atoms with Gasteiger partial charge in [-0.3, -0.25) is 0 Å². The second-order valence-electron chi connectivity index (χ2n) is 4.51. The SMILES string of the molecule is CCCc1nccn1-c1ccc(C(F)(F)F)cc1CN. The second kappa shape index (κ2) is 5.66. The number of benzene rings is 1. The summed E-state index contributed by atoms with van der Waals surface area (Å²) in [6.45, 7) is 2.07. The summed E-state index contributed by atoms with van der Waals surface area (Å²) in [5.41, 5.74) is 6.02. The minimum absolute atomic E-state index is 0.0446. The molecule has 108 valence electrons. The Morgan fingerprint density at radius 2 is 2.05 bits per heavy atom. The van der Waals surface area contributed by atoms with Crippen LogP contribution in [-0.2, 0) is 19.1 Å². The Morgan fingerprint density at radius 1 is 1.30 bits per heavy atom. The minimum Gasteiger partial charge on any atom is -0.326 e. The molecule has 0 fully saturated rings. The monoisotopic (exact) mass is 283 g/mol. The van der Waals surface area contributed by atoms with Gasteiger partial charge in [-0.1, -0.05) is 6.92 Å². The fourth-order valence-corrected chi connectivity index (χ4v) is 2.12. The molecule has 0 bridgehead atoms. The Kier molecular flexibility index (Phi) is 4.13. The zero-order valence-corrected chi connectivity index (χ0v) is 11.1. The van der Waals surface area contributed by atoms with Gasteiger partial charge in [0.1, 0.15) is 5.82 Å². The second-order valence-corrected chi connectivity index (χ2v) is 4.51. The molecule has 0 saturated heterocycles. The maximum Gasteiger partial charge on any atom is 0.416 e. The van der Waals surface area contributed by atoms with E-state index < -0.39 is 11.7 Å². The zero-order valence-electron chi connectivity index (χ0n) is 11.1. The summed E-state index contributed by atoms with van der Waals surface area (Å²) in [7, 11) is 0. The van der Waals surface area contributed by atoms with E-state index in [9.17, 15) is 13.2 Å². The lowest BCUT2D eigenvalue weighted by Gasteiger charge is -2.15. The van der Waals surface area contributed by atoms with Crippen LogP contribution < -0.4 is 5.73 Å². The highest BCUT2D eigenvalue weighted by atomic mass is 19.4. The van der Waals surface area contributed by atoms with Crippen molar-refractivity contribution in [3.63, 3.8) is 0 Å². The van der Waals surface area contributed by atoms with Crippen molar-refractivity contribution in [1.29, 1.82) is 0 Å². The summed E-state index contributed by atoms with van der Waals surface area (Å²) in [6, 6.07) is 3.63. The maximum absolute atomic E-state index is 12.7. The molecule has 1 aromatic carbocycles. The lowest BCUT2D eigenvalue weighted by atomic mass is 10.1. The van der Waals surface area contributed by atoms with E-state index in [1.807, 2.05) is 6.92 Å². The van der Waals surface area contributed by atoms with Crippen LogP contribution in [0.2, 0.25) is 0 Å². The first kappa shape index (κ1) is 14.6. The van der Waals surface area contributed by atoms with Gasteiger partial charge in [0.05, 0.1) is 11.3 Å². The van der Waals surface area contributed by atoms with Crippen LogP contribution in [0.1, 0.15) is 30.3 Å². The summed E-state index contributed by atoms with van der Waals surface area (Å²) >= 11 is 0. The van der Waals surface area contributed by atoms with E-state index in [1.165, 1.54) is 6.07 Å². The van der Waals surface area contributed by atoms with Gasteiger partial charge in [0.25, 0.3) is 0 Å². The van der Waals surface area contributed by atoms with Crippen LogP contribution in [0.15, 0.2) is 30.6 Å². The number of alkyl halides is 3. The van der Waals surface area contributed by atoms with Crippen LogP contribution in [0.25, 0.3) is 5.69 Å². The number of hydrogen-bond acceptors (Lipinski definition) is 2. The standard InChI is InChI=1S/C14H16F3N3/c1-2-3-13-19-6-7-20(13)12-5-4-11(14(15,16)17)8-10(12)9-18/h4-8H,2-3,9,18H2,1H3. The lowest BCUT2D eigenvalue weighted by molar-refractivity contribution is -0.137. The van der Waals surface area contributed by atoms with Gasteiger partial charge in [0.15, 0.2) is 0 Å². The summed E-state index contributed by atoms with van der Waals surface area (Å²) in [4.78, 5) is 4.23. The predicted octanol–water partition coefficient (Wildman–Crippen LogP) is 3.30. The molecule has 0 aliphatic heterocycles. The van der Waals surface area contributed by atoms with Crippen LogP contribution in [0.4, 0.5) is 13.2 Å². The van der Waals surface area contributed by atoms with E-state index in [0.29, 0.717) is 11.3 Å². The first-order valence-corrected chi connectivity index (χ1v) is 6.40.